The summed E-state index contributed by atoms with van der Waals surface area (Å²) < 4.78 is 25.9. The fourth-order valence-corrected chi connectivity index (χ4v) is 2.91. The molecular weight excluding hydrogens is 293 g/mol. The summed E-state index contributed by atoms with van der Waals surface area (Å²) in [7, 11) is -1.59. The number of benzene rings is 2. The van der Waals surface area contributed by atoms with Crippen LogP contribution in [0.3, 0.4) is 0 Å². The molecule has 4 nitrogen and oxygen atoms in total. The molecule has 2 aromatic carbocycles. The van der Waals surface area contributed by atoms with E-state index in [0.717, 1.165) is 6.07 Å². The van der Waals surface area contributed by atoms with E-state index in [9.17, 15) is 13.4 Å². The predicted octanol–water partition coefficient (Wildman–Crippen LogP) is 2.70. The minimum absolute atomic E-state index is 0.0205. The Kier molecular flexibility index (Phi) is 4.45. The van der Waals surface area contributed by atoms with E-state index in [1.54, 1.807) is 0 Å². The highest BCUT2D eigenvalue weighted by Crippen LogP contribution is 2.17. The van der Waals surface area contributed by atoms with Gasteiger partial charge in [0.05, 0.1) is 33.7 Å². The monoisotopic (exact) mass is 303 g/mol. The Labute approximate surface area is 122 Å². The zero-order chi connectivity index (χ0) is 15.4. The highest BCUT2D eigenvalue weighted by molar-refractivity contribution is 7.84. The number of aromatic carboxylic acids is 1. The van der Waals surface area contributed by atoms with E-state index in [1.807, 2.05) is 6.07 Å². The molecule has 0 amide bonds. The lowest BCUT2D eigenvalue weighted by atomic mass is 10.1. The smallest absolute Gasteiger partial charge is 0.335 e. The molecular formula is C15H10FNO3S. The number of halogens is 1. The first kappa shape index (κ1) is 14.9. The fraction of sp³-hybridized carbons (Fsp3) is 0.0667. The summed E-state index contributed by atoms with van der Waals surface area (Å²) in [5, 5.41) is 17.7. The summed E-state index contributed by atoms with van der Waals surface area (Å²) in [6.07, 6.45) is 0. The zero-order valence-electron chi connectivity index (χ0n) is 10.7. The molecule has 1 N–H and O–H groups in total. The molecule has 0 bridgehead atoms. The molecule has 1 atom stereocenters. The van der Waals surface area contributed by atoms with Crippen LogP contribution in [0.2, 0.25) is 0 Å². The zero-order valence-corrected chi connectivity index (χ0v) is 11.6. The van der Waals surface area contributed by atoms with Crippen molar-refractivity contribution in [1.82, 2.24) is 0 Å². The van der Waals surface area contributed by atoms with Crippen LogP contribution in [0.25, 0.3) is 0 Å². The van der Waals surface area contributed by atoms with Gasteiger partial charge >= 0.3 is 5.97 Å². The molecule has 0 aromatic heterocycles. The average Bonchev–Trinajstić information content (AvgIpc) is 2.49. The van der Waals surface area contributed by atoms with Gasteiger partial charge in [0.25, 0.3) is 0 Å². The fourth-order valence-electron chi connectivity index (χ4n) is 1.75. The molecule has 21 heavy (non-hydrogen) atoms. The number of rotatable bonds is 4. The van der Waals surface area contributed by atoms with E-state index in [0.29, 0.717) is 4.90 Å². The van der Waals surface area contributed by atoms with Crippen molar-refractivity contribution < 1.29 is 18.5 Å². The minimum atomic E-state index is -1.59. The van der Waals surface area contributed by atoms with Crippen molar-refractivity contribution in [3.63, 3.8) is 0 Å². The number of nitriles is 1. The Morgan fingerprint density at radius 2 is 2.05 bits per heavy atom. The van der Waals surface area contributed by atoms with E-state index in [-0.39, 0.29) is 22.4 Å². The summed E-state index contributed by atoms with van der Waals surface area (Å²) in [5.41, 5.74) is 0.461. The van der Waals surface area contributed by atoms with Crippen LogP contribution in [0.4, 0.5) is 4.39 Å². The van der Waals surface area contributed by atoms with Gasteiger partial charge in [0, 0.05) is 10.5 Å². The van der Waals surface area contributed by atoms with Gasteiger partial charge < -0.3 is 5.11 Å². The number of carboxylic acid groups (broad SMARTS) is 1. The van der Waals surface area contributed by atoms with Crippen LogP contribution in [-0.4, -0.2) is 15.3 Å². The Bertz CT molecular complexity index is 768. The number of carbonyl (C=O) groups is 1. The van der Waals surface area contributed by atoms with E-state index in [2.05, 4.69) is 0 Å². The van der Waals surface area contributed by atoms with Gasteiger partial charge in [-0.2, -0.15) is 5.26 Å². The molecule has 0 aliphatic carbocycles. The van der Waals surface area contributed by atoms with Crippen LogP contribution in [-0.2, 0) is 16.6 Å². The first-order valence-electron chi connectivity index (χ1n) is 5.91. The van der Waals surface area contributed by atoms with E-state index >= 15 is 0 Å². The molecule has 2 rings (SSSR count). The number of hydrogen-bond acceptors (Lipinski definition) is 3. The van der Waals surface area contributed by atoms with E-state index in [1.165, 1.54) is 36.4 Å². The maximum absolute atomic E-state index is 13.7. The van der Waals surface area contributed by atoms with Crippen molar-refractivity contribution in [3.05, 3.63) is 65.0 Å². The Morgan fingerprint density at radius 3 is 2.71 bits per heavy atom. The van der Waals surface area contributed by atoms with Crippen molar-refractivity contribution in [2.75, 3.05) is 0 Å². The maximum Gasteiger partial charge on any atom is 0.335 e. The Morgan fingerprint density at radius 1 is 1.29 bits per heavy atom. The molecule has 0 fully saturated rings. The molecule has 0 saturated carbocycles. The van der Waals surface area contributed by atoms with Crippen molar-refractivity contribution in [1.29, 1.82) is 5.26 Å². The van der Waals surface area contributed by atoms with Gasteiger partial charge in [0.15, 0.2) is 0 Å². The number of carboxylic acids is 1. The molecule has 0 aliphatic heterocycles. The second kappa shape index (κ2) is 6.29. The maximum atomic E-state index is 13.7. The van der Waals surface area contributed by atoms with Crippen molar-refractivity contribution >= 4 is 16.8 Å². The van der Waals surface area contributed by atoms with Crippen LogP contribution >= 0.6 is 0 Å². The van der Waals surface area contributed by atoms with Gasteiger partial charge in [-0.25, -0.2) is 9.18 Å². The molecule has 0 radical (unpaired) electrons. The second-order valence-electron chi connectivity index (χ2n) is 4.24. The highest BCUT2D eigenvalue weighted by atomic mass is 32.2. The van der Waals surface area contributed by atoms with Crippen LogP contribution in [0.1, 0.15) is 21.5 Å². The normalized spacial score (nSPS) is 11.6. The lowest BCUT2D eigenvalue weighted by Gasteiger charge is -2.05. The number of hydrogen-bond donors (Lipinski definition) is 1. The quantitative estimate of drug-likeness (QED) is 0.942. The second-order valence-corrected chi connectivity index (χ2v) is 5.69. The summed E-state index contributed by atoms with van der Waals surface area (Å²) in [5.74, 6) is -1.78. The van der Waals surface area contributed by atoms with Crippen LogP contribution in [0, 0.1) is 17.1 Å². The standard InChI is InChI=1S/C15H10FNO3S/c16-14-5-4-10(8-17)6-12(14)9-21(20)13-3-1-2-11(7-13)15(18)19/h1-7H,9H2,(H,18,19). The van der Waals surface area contributed by atoms with Crippen molar-refractivity contribution in [2.24, 2.45) is 0 Å². The largest absolute Gasteiger partial charge is 0.478 e. The molecule has 1 unspecified atom stereocenters. The third kappa shape index (κ3) is 3.52. The number of nitrogens with zero attached hydrogens (tertiary/aromatic N) is 1. The van der Waals surface area contributed by atoms with E-state index < -0.39 is 22.6 Å². The van der Waals surface area contributed by atoms with Gasteiger partial charge in [-0.05, 0) is 36.4 Å². The first-order valence-corrected chi connectivity index (χ1v) is 7.23. The highest BCUT2D eigenvalue weighted by Gasteiger charge is 2.12. The topological polar surface area (TPSA) is 78.2 Å². The molecule has 0 saturated heterocycles. The third-order valence-corrected chi connectivity index (χ3v) is 4.16. The van der Waals surface area contributed by atoms with Crippen LogP contribution in [0.5, 0.6) is 0 Å². The SMILES string of the molecule is N#Cc1ccc(F)c(CS(=O)c2cccc(C(=O)O)c2)c1. The van der Waals surface area contributed by atoms with Gasteiger partial charge in [0.2, 0.25) is 0 Å². The predicted molar refractivity (Wildman–Crippen MR) is 74.6 cm³/mol. The van der Waals surface area contributed by atoms with Gasteiger partial charge in [-0.15, -0.1) is 0 Å². The summed E-state index contributed by atoms with van der Waals surface area (Å²) in [4.78, 5) is 11.2. The van der Waals surface area contributed by atoms with Gasteiger partial charge in [-0.3, -0.25) is 4.21 Å². The molecule has 0 heterocycles. The third-order valence-electron chi connectivity index (χ3n) is 2.81. The lowest BCUT2D eigenvalue weighted by Crippen LogP contribution is -2.02. The summed E-state index contributed by atoms with van der Waals surface area (Å²) in [6.45, 7) is 0. The molecule has 6 heteroatoms. The minimum Gasteiger partial charge on any atom is -0.478 e. The first-order chi connectivity index (χ1) is 10.0. The Balaban J connectivity index is 2.28. The molecule has 0 spiro atoms. The van der Waals surface area contributed by atoms with Crippen molar-refractivity contribution in [3.8, 4) is 6.07 Å². The van der Waals surface area contributed by atoms with Gasteiger partial charge in [0.1, 0.15) is 5.82 Å². The van der Waals surface area contributed by atoms with Gasteiger partial charge in [-0.1, -0.05) is 6.07 Å². The van der Waals surface area contributed by atoms with Crippen LogP contribution in [0.15, 0.2) is 47.4 Å². The Hall–Kier alpha value is -2.52. The molecule has 0 aliphatic rings. The summed E-state index contributed by atoms with van der Waals surface area (Å²) >= 11 is 0. The van der Waals surface area contributed by atoms with Crippen molar-refractivity contribution in [2.45, 2.75) is 10.6 Å². The van der Waals surface area contributed by atoms with E-state index in [4.69, 9.17) is 10.4 Å². The average molecular weight is 303 g/mol. The molecule has 106 valence electrons. The lowest BCUT2D eigenvalue weighted by molar-refractivity contribution is 0.0696. The molecule has 2 aromatic rings. The van der Waals surface area contributed by atoms with Crippen LogP contribution < -0.4 is 0 Å². The summed E-state index contributed by atoms with van der Waals surface area (Å²) in [6, 6.07) is 11.4.